The molecule has 0 aliphatic rings. The van der Waals surface area contributed by atoms with E-state index in [1.165, 1.54) is 0 Å². The third-order valence-corrected chi connectivity index (χ3v) is 2.90. The largest absolute Gasteiger partial charge is 0.115 e. The van der Waals surface area contributed by atoms with Crippen molar-refractivity contribution >= 4 is 17.1 Å². The van der Waals surface area contributed by atoms with Crippen LogP contribution in [-0.4, -0.2) is 4.86 Å². The zero-order valence-corrected chi connectivity index (χ0v) is 10.4. The Balaban J connectivity index is 2.63. The molecule has 2 aromatic carbocycles. The number of terminal acetylenes is 1. The standard InChI is InChI=1S/C16H12S/c1-3-13-9-10-15(12(2)17)11-16(13)14-7-5-4-6-8-14/h1,4-11H,2H3. The van der Waals surface area contributed by atoms with Crippen molar-refractivity contribution in [2.24, 2.45) is 0 Å². The highest BCUT2D eigenvalue weighted by Crippen LogP contribution is 2.24. The van der Waals surface area contributed by atoms with Crippen LogP contribution in [0.15, 0.2) is 48.5 Å². The number of thiocarbonyl (C=S) groups is 1. The third-order valence-electron chi connectivity index (χ3n) is 2.67. The van der Waals surface area contributed by atoms with Crippen molar-refractivity contribution in [1.29, 1.82) is 0 Å². The van der Waals surface area contributed by atoms with E-state index in [2.05, 4.69) is 24.1 Å². The molecule has 0 nitrogen and oxygen atoms in total. The summed E-state index contributed by atoms with van der Waals surface area (Å²) < 4.78 is 0. The lowest BCUT2D eigenvalue weighted by Crippen LogP contribution is -1.93. The van der Waals surface area contributed by atoms with Gasteiger partial charge in [0.25, 0.3) is 0 Å². The third kappa shape index (κ3) is 2.43. The summed E-state index contributed by atoms with van der Waals surface area (Å²) in [5, 5.41) is 0. The second-order valence-corrected chi connectivity index (χ2v) is 4.44. The molecule has 17 heavy (non-hydrogen) atoms. The van der Waals surface area contributed by atoms with Crippen LogP contribution in [0.2, 0.25) is 0 Å². The van der Waals surface area contributed by atoms with Gasteiger partial charge >= 0.3 is 0 Å². The maximum Gasteiger partial charge on any atom is 0.0321 e. The minimum atomic E-state index is 0.880. The minimum absolute atomic E-state index is 0.880. The summed E-state index contributed by atoms with van der Waals surface area (Å²) in [6.45, 7) is 1.93. The highest BCUT2D eigenvalue weighted by Gasteiger charge is 2.05. The molecule has 0 saturated carbocycles. The maximum atomic E-state index is 5.53. The summed E-state index contributed by atoms with van der Waals surface area (Å²) in [5.74, 6) is 2.72. The number of hydrogen-bond donors (Lipinski definition) is 0. The zero-order chi connectivity index (χ0) is 12.3. The average molecular weight is 236 g/mol. The molecule has 0 bridgehead atoms. The minimum Gasteiger partial charge on any atom is -0.115 e. The Morgan fingerprint density at radius 1 is 1.12 bits per heavy atom. The lowest BCUT2D eigenvalue weighted by atomic mass is 9.97. The van der Waals surface area contributed by atoms with Crippen molar-refractivity contribution in [3.05, 3.63) is 59.7 Å². The molecule has 0 aliphatic carbocycles. The Hall–Kier alpha value is -1.91. The van der Waals surface area contributed by atoms with Gasteiger partial charge in [0.05, 0.1) is 0 Å². The molecule has 0 aliphatic heterocycles. The van der Waals surface area contributed by atoms with E-state index in [0.717, 1.165) is 27.1 Å². The Labute approximate surface area is 107 Å². The van der Waals surface area contributed by atoms with Crippen LogP contribution >= 0.6 is 12.2 Å². The van der Waals surface area contributed by atoms with Crippen LogP contribution < -0.4 is 0 Å². The zero-order valence-electron chi connectivity index (χ0n) is 9.60. The molecular formula is C16H12S. The van der Waals surface area contributed by atoms with Gasteiger partial charge in [0.1, 0.15) is 0 Å². The van der Waals surface area contributed by atoms with Crippen molar-refractivity contribution in [3.63, 3.8) is 0 Å². The van der Waals surface area contributed by atoms with E-state index in [1.54, 1.807) is 0 Å². The van der Waals surface area contributed by atoms with Crippen molar-refractivity contribution in [1.82, 2.24) is 0 Å². The molecule has 0 amide bonds. The molecule has 0 atom stereocenters. The van der Waals surface area contributed by atoms with Crippen LogP contribution in [0.1, 0.15) is 18.1 Å². The number of rotatable bonds is 2. The van der Waals surface area contributed by atoms with Crippen LogP contribution in [0, 0.1) is 12.3 Å². The number of benzene rings is 2. The molecule has 0 heterocycles. The van der Waals surface area contributed by atoms with E-state index in [9.17, 15) is 0 Å². The smallest absolute Gasteiger partial charge is 0.0321 e. The van der Waals surface area contributed by atoms with Gasteiger partial charge in [-0.3, -0.25) is 0 Å². The van der Waals surface area contributed by atoms with Crippen LogP contribution in [0.3, 0.4) is 0 Å². The van der Waals surface area contributed by atoms with E-state index in [1.807, 2.05) is 37.3 Å². The van der Waals surface area contributed by atoms with Gasteiger partial charge in [-0.25, -0.2) is 0 Å². The first-order valence-corrected chi connectivity index (χ1v) is 5.80. The van der Waals surface area contributed by atoms with E-state index >= 15 is 0 Å². The number of hydrogen-bond acceptors (Lipinski definition) is 1. The average Bonchev–Trinajstić information content (AvgIpc) is 2.39. The maximum absolute atomic E-state index is 5.53. The van der Waals surface area contributed by atoms with Crippen LogP contribution in [0.5, 0.6) is 0 Å². The first kappa shape index (κ1) is 11.6. The summed E-state index contributed by atoms with van der Waals surface area (Å²) in [4.78, 5) is 0.880. The summed E-state index contributed by atoms with van der Waals surface area (Å²) in [7, 11) is 0. The molecule has 0 aromatic heterocycles. The Bertz CT molecular complexity index is 589. The van der Waals surface area contributed by atoms with Crippen LogP contribution in [0.25, 0.3) is 11.1 Å². The van der Waals surface area contributed by atoms with Gasteiger partial charge < -0.3 is 0 Å². The lowest BCUT2D eigenvalue weighted by molar-refractivity contribution is 1.56. The summed E-state index contributed by atoms with van der Waals surface area (Å²) in [6.07, 6.45) is 5.53. The fourth-order valence-electron chi connectivity index (χ4n) is 1.75. The molecule has 0 unspecified atom stereocenters. The quantitative estimate of drug-likeness (QED) is 0.430. The monoisotopic (exact) mass is 236 g/mol. The predicted octanol–water partition coefficient (Wildman–Crippen LogP) is 4.07. The molecule has 2 aromatic rings. The molecule has 0 saturated heterocycles. The van der Waals surface area contributed by atoms with Crippen molar-refractivity contribution in [3.8, 4) is 23.5 Å². The summed E-state index contributed by atoms with van der Waals surface area (Å²) in [6, 6.07) is 16.1. The highest BCUT2D eigenvalue weighted by atomic mass is 32.1. The molecule has 0 N–H and O–H groups in total. The van der Waals surface area contributed by atoms with Gasteiger partial charge in [0, 0.05) is 10.4 Å². The fourth-order valence-corrected chi connectivity index (χ4v) is 1.87. The summed E-state index contributed by atoms with van der Waals surface area (Å²) >= 11 is 5.20. The first-order chi connectivity index (χ1) is 8.22. The van der Waals surface area contributed by atoms with Gasteiger partial charge in [0.15, 0.2) is 0 Å². The topological polar surface area (TPSA) is 0 Å². The van der Waals surface area contributed by atoms with Gasteiger partial charge in [0.2, 0.25) is 0 Å². The van der Waals surface area contributed by atoms with Gasteiger partial charge in [-0.2, -0.15) is 0 Å². The SMILES string of the molecule is C#Cc1ccc(C(C)=S)cc1-c1ccccc1. The predicted molar refractivity (Wildman–Crippen MR) is 77.2 cm³/mol. The van der Waals surface area contributed by atoms with Crippen LogP contribution in [0.4, 0.5) is 0 Å². The van der Waals surface area contributed by atoms with Gasteiger partial charge in [-0.15, -0.1) is 6.42 Å². The van der Waals surface area contributed by atoms with E-state index < -0.39 is 0 Å². The van der Waals surface area contributed by atoms with E-state index in [4.69, 9.17) is 18.6 Å². The normalized spacial score (nSPS) is 9.65. The highest BCUT2D eigenvalue weighted by molar-refractivity contribution is 7.80. The van der Waals surface area contributed by atoms with Gasteiger partial charge in [-0.05, 0) is 35.7 Å². The Morgan fingerprint density at radius 2 is 1.82 bits per heavy atom. The molecule has 0 radical (unpaired) electrons. The molecule has 0 spiro atoms. The molecular weight excluding hydrogens is 224 g/mol. The van der Waals surface area contributed by atoms with Crippen molar-refractivity contribution < 1.29 is 0 Å². The lowest BCUT2D eigenvalue weighted by Gasteiger charge is -2.07. The Kier molecular flexibility index (Phi) is 3.37. The molecule has 2 rings (SSSR count). The second-order valence-electron chi connectivity index (χ2n) is 3.83. The summed E-state index contributed by atoms with van der Waals surface area (Å²) in [5.41, 5.74) is 4.14. The molecule has 1 heteroatoms. The van der Waals surface area contributed by atoms with Crippen molar-refractivity contribution in [2.75, 3.05) is 0 Å². The van der Waals surface area contributed by atoms with Crippen LogP contribution in [-0.2, 0) is 0 Å². The molecule has 82 valence electrons. The molecule has 0 fully saturated rings. The second kappa shape index (κ2) is 4.95. The fraction of sp³-hybridized carbons (Fsp3) is 0.0625. The van der Waals surface area contributed by atoms with E-state index in [0.29, 0.717) is 0 Å². The first-order valence-electron chi connectivity index (χ1n) is 5.39. The Morgan fingerprint density at radius 3 is 2.41 bits per heavy atom. The van der Waals surface area contributed by atoms with Crippen molar-refractivity contribution in [2.45, 2.75) is 6.92 Å². The van der Waals surface area contributed by atoms with Gasteiger partial charge in [-0.1, -0.05) is 54.5 Å². The van der Waals surface area contributed by atoms with E-state index in [-0.39, 0.29) is 0 Å².